The van der Waals surface area contributed by atoms with Crippen LogP contribution < -0.4 is 10.1 Å². The van der Waals surface area contributed by atoms with Crippen molar-refractivity contribution in [2.24, 2.45) is 0 Å². The number of carbonyl (C=O) groups excluding carboxylic acids is 1. The van der Waals surface area contributed by atoms with Crippen LogP contribution in [0, 0.1) is 0 Å². The Morgan fingerprint density at radius 3 is 2.97 bits per heavy atom. The van der Waals surface area contributed by atoms with Crippen LogP contribution in [-0.2, 0) is 16.0 Å². The van der Waals surface area contributed by atoms with E-state index in [1.165, 1.54) is 10.9 Å². The molecule has 1 N–H and O–H groups in total. The van der Waals surface area contributed by atoms with Gasteiger partial charge in [-0.1, -0.05) is 24.3 Å². The second kappa shape index (κ2) is 10.8. The number of hydrogen-bond acceptors (Lipinski definition) is 7. The topological polar surface area (TPSA) is 72.9 Å². The monoisotopic (exact) mass is 435 g/mol. The van der Waals surface area contributed by atoms with E-state index in [0.29, 0.717) is 19.3 Å². The molecule has 3 aromatic rings. The highest BCUT2D eigenvalue weighted by molar-refractivity contribution is 5.93. The van der Waals surface area contributed by atoms with E-state index in [9.17, 15) is 4.79 Å². The van der Waals surface area contributed by atoms with E-state index in [1.807, 2.05) is 30.6 Å². The molecule has 1 atom stereocenters. The first kappa shape index (κ1) is 21.9. The fraction of sp³-hybridized carbons (Fsp3) is 0.360. The third kappa shape index (κ3) is 5.88. The minimum atomic E-state index is -0.665. The lowest BCUT2D eigenvalue weighted by molar-refractivity contribution is 0.0495. The van der Waals surface area contributed by atoms with Gasteiger partial charge in [0.1, 0.15) is 19.0 Å². The number of benzene rings is 2. The lowest BCUT2D eigenvalue weighted by atomic mass is 10.1. The summed E-state index contributed by atoms with van der Waals surface area (Å²) in [5.41, 5.74) is 2.36. The zero-order valence-corrected chi connectivity index (χ0v) is 18.3. The van der Waals surface area contributed by atoms with Crippen molar-refractivity contribution in [3.05, 3.63) is 66.5 Å². The van der Waals surface area contributed by atoms with Crippen LogP contribution in [0.5, 0.6) is 5.75 Å². The Bertz CT molecular complexity index is 1040. The van der Waals surface area contributed by atoms with Gasteiger partial charge in [-0.25, -0.2) is 4.79 Å². The largest absolute Gasteiger partial charge is 0.508 e. The molecular formula is C25H29N3O4. The Labute approximate surface area is 188 Å². The fourth-order valence-corrected chi connectivity index (χ4v) is 4.00. The number of carbonyl (C=O) groups is 1. The lowest BCUT2D eigenvalue weighted by Gasteiger charge is -2.19. The molecule has 1 aliphatic heterocycles. The third-order valence-electron chi connectivity index (χ3n) is 5.45. The Hall–Kier alpha value is -3.32. The summed E-state index contributed by atoms with van der Waals surface area (Å²) in [6.45, 7) is 5.39. The van der Waals surface area contributed by atoms with Gasteiger partial charge in [0.2, 0.25) is 0 Å². The molecule has 2 aromatic carbocycles. The zero-order valence-electron chi connectivity index (χ0n) is 18.3. The van der Waals surface area contributed by atoms with E-state index in [-0.39, 0.29) is 6.61 Å². The first-order valence-corrected chi connectivity index (χ1v) is 11.0. The smallest absolute Gasteiger partial charge is 0.490 e. The Morgan fingerprint density at radius 2 is 2.06 bits per heavy atom. The summed E-state index contributed by atoms with van der Waals surface area (Å²) < 4.78 is 15.4. The number of ether oxygens (including phenoxy) is 3. The molecule has 168 valence electrons. The predicted octanol–water partition coefficient (Wildman–Crippen LogP) is 4.47. The van der Waals surface area contributed by atoms with Crippen LogP contribution in [0.15, 0.2) is 60.9 Å². The number of anilines is 1. The van der Waals surface area contributed by atoms with Crippen molar-refractivity contribution in [1.29, 1.82) is 0 Å². The molecule has 0 amide bonds. The predicted molar refractivity (Wildman–Crippen MR) is 124 cm³/mol. The van der Waals surface area contributed by atoms with Crippen molar-refractivity contribution in [2.45, 2.75) is 25.9 Å². The molecule has 0 radical (unpaired) electrons. The SMILES string of the molecule is CCOC(=O)OCCOc1cccc(CN2CCC(Nc3cccc4cnccc34)C2)c1. The molecule has 0 spiro atoms. The molecular weight excluding hydrogens is 406 g/mol. The van der Waals surface area contributed by atoms with Crippen LogP contribution in [0.2, 0.25) is 0 Å². The quantitative estimate of drug-likeness (QED) is 0.393. The van der Waals surface area contributed by atoms with Gasteiger partial charge in [0.25, 0.3) is 0 Å². The third-order valence-corrected chi connectivity index (χ3v) is 5.45. The van der Waals surface area contributed by atoms with Crippen LogP contribution in [0.3, 0.4) is 0 Å². The van der Waals surface area contributed by atoms with E-state index in [4.69, 9.17) is 14.2 Å². The Kier molecular flexibility index (Phi) is 7.40. The Balaban J connectivity index is 1.26. The maximum absolute atomic E-state index is 11.2. The molecule has 1 unspecified atom stereocenters. The van der Waals surface area contributed by atoms with E-state index in [0.717, 1.165) is 42.9 Å². The maximum Gasteiger partial charge on any atom is 0.508 e. The van der Waals surface area contributed by atoms with Crippen molar-refractivity contribution in [1.82, 2.24) is 9.88 Å². The summed E-state index contributed by atoms with van der Waals surface area (Å²) in [5, 5.41) is 6.07. The van der Waals surface area contributed by atoms with Gasteiger partial charge in [-0.15, -0.1) is 0 Å². The number of pyridine rings is 1. The molecule has 1 fully saturated rings. The summed E-state index contributed by atoms with van der Waals surface area (Å²) in [5.74, 6) is 0.771. The van der Waals surface area contributed by atoms with Crippen molar-refractivity contribution in [2.75, 3.05) is 38.2 Å². The van der Waals surface area contributed by atoms with E-state index < -0.39 is 6.16 Å². The summed E-state index contributed by atoms with van der Waals surface area (Å²) in [7, 11) is 0. The second-order valence-corrected chi connectivity index (χ2v) is 7.79. The molecule has 1 saturated heterocycles. The minimum absolute atomic E-state index is 0.159. The fourth-order valence-electron chi connectivity index (χ4n) is 4.00. The zero-order chi connectivity index (χ0) is 22.2. The number of hydrogen-bond donors (Lipinski definition) is 1. The molecule has 0 saturated carbocycles. The Morgan fingerprint density at radius 1 is 1.16 bits per heavy atom. The van der Waals surface area contributed by atoms with Gasteiger partial charge >= 0.3 is 6.16 Å². The molecule has 7 nitrogen and oxygen atoms in total. The summed E-state index contributed by atoms with van der Waals surface area (Å²) >= 11 is 0. The van der Waals surface area contributed by atoms with Gasteiger partial charge < -0.3 is 19.5 Å². The number of rotatable bonds is 9. The number of likely N-dealkylation sites (tertiary alicyclic amines) is 1. The van der Waals surface area contributed by atoms with Crippen LogP contribution >= 0.6 is 0 Å². The van der Waals surface area contributed by atoms with Gasteiger partial charge in [-0.2, -0.15) is 0 Å². The number of aromatic nitrogens is 1. The maximum atomic E-state index is 11.2. The average molecular weight is 436 g/mol. The van der Waals surface area contributed by atoms with E-state index >= 15 is 0 Å². The summed E-state index contributed by atoms with van der Waals surface area (Å²) in [6, 6.07) is 16.8. The highest BCUT2D eigenvalue weighted by Gasteiger charge is 2.22. The van der Waals surface area contributed by atoms with E-state index in [2.05, 4.69) is 45.5 Å². The van der Waals surface area contributed by atoms with Gasteiger partial charge in [0, 0.05) is 54.5 Å². The minimum Gasteiger partial charge on any atom is -0.490 e. The lowest BCUT2D eigenvalue weighted by Crippen LogP contribution is -2.26. The van der Waals surface area contributed by atoms with Crippen LogP contribution in [0.1, 0.15) is 18.9 Å². The summed E-state index contributed by atoms with van der Waals surface area (Å²) in [6.07, 6.45) is 4.18. The molecule has 1 aromatic heterocycles. The van der Waals surface area contributed by atoms with Crippen molar-refractivity contribution in [3.8, 4) is 5.75 Å². The molecule has 4 rings (SSSR count). The van der Waals surface area contributed by atoms with Crippen LogP contribution in [-0.4, -0.2) is 55.0 Å². The van der Waals surface area contributed by atoms with Gasteiger partial charge in [-0.05, 0) is 43.2 Å². The second-order valence-electron chi connectivity index (χ2n) is 7.79. The van der Waals surface area contributed by atoms with Crippen LogP contribution in [0.25, 0.3) is 10.8 Å². The number of fused-ring (bicyclic) bond motifs is 1. The average Bonchev–Trinajstić information content (AvgIpc) is 3.24. The van der Waals surface area contributed by atoms with E-state index in [1.54, 1.807) is 6.92 Å². The molecule has 2 heterocycles. The van der Waals surface area contributed by atoms with Gasteiger partial charge in [0.05, 0.1) is 6.61 Å². The van der Waals surface area contributed by atoms with Crippen molar-refractivity contribution < 1.29 is 19.0 Å². The highest BCUT2D eigenvalue weighted by atomic mass is 16.7. The highest BCUT2D eigenvalue weighted by Crippen LogP contribution is 2.25. The van der Waals surface area contributed by atoms with Crippen LogP contribution in [0.4, 0.5) is 10.5 Å². The molecule has 32 heavy (non-hydrogen) atoms. The van der Waals surface area contributed by atoms with Crippen molar-refractivity contribution >= 4 is 22.6 Å². The molecule has 0 aliphatic carbocycles. The normalized spacial score (nSPS) is 16.1. The molecule has 7 heteroatoms. The first-order valence-electron chi connectivity index (χ1n) is 11.0. The number of nitrogens with one attached hydrogen (secondary N) is 1. The van der Waals surface area contributed by atoms with Gasteiger partial charge in [0.15, 0.2) is 0 Å². The standard InChI is InChI=1S/C25H29N3O4/c1-2-30-25(29)32-14-13-31-22-7-3-5-19(15-22)17-28-12-10-21(18-28)27-24-8-4-6-20-16-26-11-9-23(20)24/h3-9,11,15-16,21,27H,2,10,12-14,17-18H2,1H3. The van der Waals surface area contributed by atoms with Gasteiger partial charge in [-0.3, -0.25) is 9.88 Å². The van der Waals surface area contributed by atoms with Crippen molar-refractivity contribution in [3.63, 3.8) is 0 Å². The summed E-state index contributed by atoms with van der Waals surface area (Å²) in [4.78, 5) is 17.9. The number of nitrogens with zero attached hydrogens (tertiary/aromatic N) is 2. The molecule has 0 bridgehead atoms. The first-order chi connectivity index (χ1) is 15.7. The molecule has 1 aliphatic rings.